The van der Waals surface area contributed by atoms with Crippen LogP contribution in [0.3, 0.4) is 0 Å². The number of hydrazine groups is 1. The van der Waals surface area contributed by atoms with E-state index in [0.29, 0.717) is 5.92 Å². The maximum absolute atomic E-state index is 6.15. The molecule has 0 aromatic carbocycles. The van der Waals surface area contributed by atoms with E-state index >= 15 is 0 Å². The van der Waals surface area contributed by atoms with E-state index in [1.54, 1.807) is 11.3 Å². The molecular formula is C17H26N6. The number of aromatic amines is 1. The van der Waals surface area contributed by atoms with Gasteiger partial charge < -0.3 is 9.88 Å². The molecule has 0 spiro atoms. The van der Waals surface area contributed by atoms with Crippen molar-refractivity contribution >= 4 is 24.6 Å². The summed E-state index contributed by atoms with van der Waals surface area (Å²) in [6.07, 6.45) is 8.26. The van der Waals surface area contributed by atoms with Crippen molar-refractivity contribution in [3.8, 4) is 0 Å². The summed E-state index contributed by atoms with van der Waals surface area (Å²) in [5.41, 5.74) is 2.94. The van der Waals surface area contributed by atoms with E-state index in [1.807, 2.05) is 12.3 Å². The summed E-state index contributed by atoms with van der Waals surface area (Å²) in [5.74, 6) is 8.18. The highest BCUT2D eigenvalue weighted by atomic mass is 15.4. The first-order valence-corrected chi connectivity index (χ1v) is 8.21. The first-order chi connectivity index (χ1) is 11.1. The molecule has 0 atom stereocenters. The number of H-pyrrole nitrogens is 1. The van der Waals surface area contributed by atoms with Crippen molar-refractivity contribution in [3.05, 3.63) is 23.5 Å². The molecule has 6 heteroatoms. The lowest BCUT2D eigenvalue weighted by molar-refractivity contribution is 0.236. The van der Waals surface area contributed by atoms with E-state index in [0.717, 1.165) is 48.1 Å². The largest absolute Gasteiger partial charge is 0.346 e. The molecule has 0 saturated heterocycles. The standard InChI is InChI=1S/C17H26N6/c1-19-15(13-6-4-12(5-7-13)10-22(2)3)16-14-8-9-20-17(14)21-11-23(16)18/h8-9,11-13,20H,1,4-7,10,18H2,2-3H3/b16-15-. The van der Waals surface area contributed by atoms with Crippen molar-refractivity contribution < 1.29 is 0 Å². The van der Waals surface area contributed by atoms with Crippen molar-refractivity contribution in [1.29, 1.82) is 0 Å². The van der Waals surface area contributed by atoms with E-state index < -0.39 is 0 Å². The van der Waals surface area contributed by atoms with Gasteiger partial charge in [-0.15, -0.1) is 0 Å². The molecule has 2 aliphatic rings. The van der Waals surface area contributed by atoms with Crippen LogP contribution in [0.15, 0.2) is 27.9 Å². The SMILES string of the molecule is C=N/C(=C1/c2cc[nH]c2N=CN1N)C1CCC(CN(C)C)CC1. The van der Waals surface area contributed by atoms with Gasteiger partial charge in [0.15, 0.2) is 0 Å². The molecule has 1 aromatic heterocycles. The molecule has 1 fully saturated rings. The normalized spacial score (nSPS) is 26.3. The lowest BCUT2D eigenvalue weighted by Crippen LogP contribution is -2.32. The van der Waals surface area contributed by atoms with Crippen LogP contribution < -0.4 is 5.84 Å². The van der Waals surface area contributed by atoms with Gasteiger partial charge in [-0.3, -0.25) is 10.0 Å². The van der Waals surface area contributed by atoms with E-state index in [-0.39, 0.29) is 0 Å². The molecule has 6 nitrogen and oxygen atoms in total. The van der Waals surface area contributed by atoms with Gasteiger partial charge in [-0.2, -0.15) is 0 Å². The highest BCUT2D eigenvalue weighted by molar-refractivity contribution is 5.87. The summed E-state index contributed by atoms with van der Waals surface area (Å²) in [6.45, 7) is 4.98. The number of fused-ring (bicyclic) bond motifs is 1. The fourth-order valence-corrected chi connectivity index (χ4v) is 3.78. The molecule has 2 heterocycles. The summed E-state index contributed by atoms with van der Waals surface area (Å²) in [6, 6.07) is 2.00. The average molecular weight is 314 g/mol. The zero-order valence-corrected chi connectivity index (χ0v) is 14.0. The molecule has 1 aliphatic carbocycles. The van der Waals surface area contributed by atoms with Crippen LogP contribution in [-0.2, 0) is 0 Å². The molecule has 1 aliphatic heterocycles. The van der Waals surface area contributed by atoms with Crippen molar-refractivity contribution in [3.63, 3.8) is 0 Å². The van der Waals surface area contributed by atoms with Crippen LogP contribution in [0.2, 0.25) is 0 Å². The van der Waals surface area contributed by atoms with Gasteiger partial charge in [0.05, 0.1) is 11.4 Å². The van der Waals surface area contributed by atoms with Gasteiger partial charge in [0, 0.05) is 24.2 Å². The third-order valence-corrected chi connectivity index (χ3v) is 4.82. The molecule has 0 amide bonds. The smallest absolute Gasteiger partial charge is 0.141 e. The Morgan fingerprint density at radius 1 is 1.43 bits per heavy atom. The Balaban J connectivity index is 1.83. The van der Waals surface area contributed by atoms with Gasteiger partial charge in [0.25, 0.3) is 0 Å². The maximum atomic E-state index is 6.15. The van der Waals surface area contributed by atoms with Gasteiger partial charge in [-0.25, -0.2) is 10.8 Å². The number of nitrogens with zero attached hydrogens (tertiary/aromatic N) is 4. The van der Waals surface area contributed by atoms with E-state index in [9.17, 15) is 0 Å². The van der Waals surface area contributed by atoms with Crippen molar-refractivity contribution in [2.45, 2.75) is 25.7 Å². The monoisotopic (exact) mass is 314 g/mol. The zero-order valence-electron chi connectivity index (χ0n) is 14.0. The van der Waals surface area contributed by atoms with Gasteiger partial charge in [-0.05, 0) is 58.5 Å². The molecule has 1 saturated carbocycles. The second-order valence-electron chi connectivity index (χ2n) is 6.76. The van der Waals surface area contributed by atoms with Gasteiger partial charge in [0.2, 0.25) is 0 Å². The number of rotatable bonds is 4. The lowest BCUT2D eigenvalue weighted by atomic mass is 9.79. The number of hydrogen-bond donors (Lipinski definition) is 2. The van der Waals surface area contributed by atoms with Crippen molar-refractivity contribution in [2.24, 2.45) is 27.7 Å². The topological polar surface area (TPSA) is 73.0 Å². The van der Waals surface area contributed by atoms with Gasteiger partial charge in [0.1, 0.15) is 12.2 Å². The predicted octanol–water partition coefficient (Wildman–Crippen LogP) is 2.60. The Bertz CT molecular complexity index is 619. The van der Waals surface area contributed by atoms with Crippen LogP contribution in [-0.4, -0.2) is 48.6 Å². The number of aromatic nitrogens is 1. The summed E-state index contributed by atoms with van der Waals surface area (Å²) >= 11 is 0. The van der Waals surface area contributed by atoms with Crippen LogP contribution in [0.4, 0.5) is 5.82 Å². The Labute approximate surface area is 137 Å². The van der Waals surface area contributed by atoms with Crippen molar-refractivity contribution in [1.82, 2.24) is 14.9 Å². The molecule has 23 heavy (non-hydrogen) atoms. The van der Waals surface area contributed by atoms with Crippen LogP contribution >= 0.6 is 0 Å². The summed E-state index contributed by atoms with van der Waals surface area (Å²) in [7, 11) is 4.29. The van der Waals surface area contributed by atoms with Gasteiger partial charge >= 0.3 is 0 Å². The quantitative estimate of drug-likeness (QED) is 0.663. The van der Waals surface area contributed by atoms with Crippen LogP contribution in [0.25, 0.3) is 5.70 Å². The third kappa shape index (κ3) is 3.23. The number of nitrogens with one attached hydrogen (secondary N) is 1. The Hall–Kier alpha value is -1.92. The minimum absolute atomic E-state index is 0.418. The fraction of sp³-hybridized carbons (Fsp3) is 0.529. The Morgan fingerprint density at radius 3 is 2.83 bits per heavy atom. The first-order valence-electron chi connectivity index (χ1n) is 8.21. The highest BCUT2D eigenvalue weighted by Gasteiger charge is 2.29. The molecule has 0 radical (unpaired) electrons. The van der Waals surface area contributed by atoms with Crippen LogP contribution in [0, 0.1) is 11.8 Å². The average Bonchev–Trinajstić information content (AvgIpc) is 2.99. The maximum Gasteiger partial charge on any atom is 0.141 e. The molecule has 3 rings (SSSR count). The minimum atomic E-state index is 0.418. The molecule has 1 aromatic rings. The number of hydrogen-bond acceptors (Lipinski definition) is 5. The molecular weight excluding hydrogens is 288 g/mol. The van der Waals surface area contributed by atoms with Crippen LogP contribution in [0.5, 0.6) is 0 Å². The zero-order chi connectivity index (χ0) is 16.4. The first kappa shape index (κ1) is 16.0. The van der Waals surface area contributed by atoms with E-state index in [4.69, 9.17) is 5.84 Å². The molecule has 0 unspecified atom stereocenters. The number of aliphatic imine (C=N–C) groups is 2. The fourth-order valence-electron chi connectivity index (χ4n) is 3.78. The minimum Gasteiger partial charge on any atom is -0.346 e. The Kier molecular flexibility index (Phi) is 4.63. The van der Waals surface area contributed by atoms with Crippen molar-refractivity contribution in [2.75, 3.05) is 20.6 Å². The summed E-state index contributed by atoms with van der Waals surface area (Å²) < 4.78 is 0. The number of nitrogens with two attached hydrogens (primary N) is 1. The second kappa shape index (κ2) is 6.68. The molecule has 0 bridgehead atoms. The lowest BCUT2D eigenvalue weighted by Gasteiger charge is -2.32. The summed E-state index contributed by atoms with van der Waals surface area (Å²) in [4.78, 5) is 14.1. The van der Waals surface area contributed by atoms with E-state index in [1.165, 1.54) is 12.8 Å². The highest BCUT2D eigenvalue weighted by Crippen LogP contribution is 2.40. The number of allylic oxidation sites excluding steroid dienone is 1. The third-order valence-electron chi connectivity index (χ3n) is 4.82. The Morgan fingerprint density at radius 2 is 2.17 bits per heavy atom. The second-order valence-corrected chi connectivity index (χ2v) is 6.76. The molecule has 3 N–H and O–H groups in total. The van der Waals surface area contributed by atoms with Crippen LogP contribution in [0.1, 0.15) is 31.2 Å². The predicted molar refractivity (Wildman–Crippen MR) is 95.4 cm³/mol. The van der Waals surface area contributed by atoms with Gasteiger partial charge in [-0.1, -0.05) is 0 Å². The molecule has 124 valence electrons. The summed E-state index contributed by atoms with van der Waals surface area (Å²) in [5, 5.41) is 1.58. The van der Waals surface area contributed by atoms with E-state index in [2.05, 4.69) is 40.7 Å².